The molecule has 4 heteroatoms. The molecule has 1 saturated heterocycles. The third kappa shape index (κ3) is 2.38. The molecule has 0 unspecified atom stereocenters. The summed E-state index contributed by atoms with van der Waals surface area (Å²) in [6, 6.07) is 9.25. The van der Waals surface area contributed by atoms with Crippen LogP contribution in [0.1, 0.15) is 25.7 Å². The zero-order chi connectivity index (χ0) is 14.0. The van der Waals surface area contributed by atoms with E-state index in [0.29, 0.717) is 0 Å². The highest BCUT2D eigenvalue weighted by atomic mass is 19.1. The van der Waals surface area contributed by atoms with Crippen LogP contribution in [0.4, 0.5) is 10.1 Å². The van der Waals surface area contributed by atoms with E-state index in [9.17, 15) is 9.65 Å². The molecule has 0 amide bonds. The van der Waals surface area contributed by atoms with Gasteiger partial charge >= 0.3 is 0 Å². The zero-order valence-electron chi connectivity index (χ0n) is 11.7. The predicted octanol–water partition coefficient (Wildman–Crippen LogP) is 2.78. The van der Waals surface area contributed by atoms with Crippen LogP contribution in [0.3, 0.4) is 0 Å². The van der Waals surface area contributed by atoms with Crippen LogP contribution in [0, 0.1) is 17.1 Å². The molecule has 20 heavy (non-hydrogen) atoms. The molecule has 2 fully saturated rings. The monoisotopic (exact) mass is 273 g/mol. The Morgan fingerprint density at radius 3 is 2.15 bits per heavy atom. The lowest BCUT2D eigenvalue weighted by Crippen LogP contribution is -2.55. The molecule has 1 aliphatic carbocycles. The first-order valence-corrected chi connectivity index (χ1v) is 7.40. The molecule has 0 spiro atoms. The molecule has 1 aromatic carbocycles. The molecular formula is C16H20FN3. The number of piperazine rings is 1. The lowest BCUT2D eigenvalue weighted by atomic mass is 9.96. The molecule has 1 aliphatic heterocycles. The first-order valence-electron chi connectivity index (χ1n) is 7.40. The Kier molecular flexibility index (Phi) is 3.62. The molecule has 0 aromatic heterocycles. The van der Waals surface area contributed by atoms with Gasteiger partial charge in [0.25, 0.3) is 0 Å². The van der Waals surface area contributed by atoms with Crippen LogP contribution in [0.5, 0.6) is 0 Å². The second kappa shape index (κ2) is 5.41. The molecule has 0 atom stereocenters. The molecule has 0 bridgehead atoms. The fourth-order valence-electron chi connectivity index (χ4n) is 3.50. The summed E-state index contributed by atoms with van der Waals surface area (Å²) in [7, 11) is 0. The second-order valence-electron chi connectivity index (χ2n) is 5.80. The van der Waals surface area contributed by atoms with Crippen LogP contribution in [-0.4, -0.2) is 36.6 Å². The van der Waals surface area contributed by atoms with E-state index in [4.69, 9.17) is 0 Å². The summed E-state index contributed by atoms with van der Waals surface area (Å²) >= 11 is 0. The molecule has 106 valence electrons. The number of benzene rings is 1. The van der Waals surface area contributed by atoms with E-state index < -0.39 is 0 Å². The molecule has 1 heterocycles. The average molecular weight is 273 g/mol. The average Bonchev–Trinajstić information content (AvgIpc) is 2.98. The van der Waals surface area contributed by atoms with Crippen molar-refractivity contribution in [1.82, 2.24) is 4.90 Å². The molecule has 3 nitrogen and oxygen atoms in total. The molecule has 1 saturated carbocycles. The van der Waals surface area contributed by atoms with Gasteiger partial charge in [-0.1, -0.05) is 12.8 Å². The van der Waals surface area contributed by atoms with E-state index in [0.717, 1.165) is 44.7 Å². The van der Waals surface area contributed by atoms with Crippen molar-refractivity contribution in [2.24, 2.45) is 0 Å². The van der Waals surface area contributed by atoms with Crippen molar-refractivity contribution < 1.29 is 4.39 Å². The van der Waals surface area contributed by atoms with Gasteiger partial charge < -0.3 is 4.90 Å². The Morgan fingerprint density at radius 2 is 1.60 bits per heavy atom. The van der Waals surface area contributed by atoms with Crippen LogP contribution in [0.25, 0.3) is 0 Å². The zero-order valence-corrected chi connectivity index (χ0v) is 11.7. The summed E-state index contributed by atoms with van der Waals surface area (Å²) in [5.41, 5.74) is 0.859. The number of hydrogen-bond donors (Lipinski definition) is 0. The number of rotatable bonds is 2. The number of halogens is 1. The second-order valence-corrected chi connectivity index (χ2v) is 5.80. The van der Waals surface area contributed by atoms with Gasteiger partial charge in [-0.2, -0.15) is 5.26 Å². The quantitative estimate of drug-likeness (QED) is 0.830. The minimum atomic E-state index is -0.213. The van der Waals surface area contributed by atoms with Gasteiger partial charge in [-0.15, -0.1) is 0 Å². The smallest absolute Gasteiger partial charge is 0.123 e. The lowest BCUT2D eigenvalue weighted by Gasteiger charge is -2.43. The number of nitrogens with zero attached hydrogens (tertiary/aromatic N) is 3. The van der Waals surface area contributed by atoms with E-state index in [-0.39, 0.29) is 11.4 Å². The normalized spacial score (nSPS) is 22.7. The van der Waals surface area contributed by atoms with Crippen LogP contribution < -0.4 is 4.90 Å². The van der Waals surface area contributed by atoms with Gasteiger partial charge in [0.1, 0.15) is 11.4 Å². The van der Waals surface area contributed by atoms with Crippen LogP contribution in [-0.2, 0) is 0 Å². The van der Waals surface area contributed by atoms with Gasteiger partial charge in [0.05, 0.1) is 6.07 Å². The largest absolute Gasteiger partial charge is 0.369 e. The van der Waals surface area contributed by atoms with E-state index in [1.165, 1.54) is 25.0 Å². The topological polar surface area (TPSA) is 30.3 Å². The van der Waals surface area contributed by atoms with Gasteiger partial charge in [0.15, 0.2) is 0 Å². The molecule has 0 radical (unpaired) electrons. The highest BCUT2D eigenvalue weighted by Gasteiger charge is 2.40. The van der Waals surface area contributed by atoms with Gasteiger partial charge in [0, 0.05) is 31.9 Å². The highest BCUT2D eigenvalue weighted by molar-refractivity contribution is 5.46. The van der Waals surface area contributed by atoms with Gasteiger partial charge in [0.2, 0.25) is 0 Å². The Bertz CT molecular complexity index is 491. The Labute approximate surface area is 119 Å². The summed E-state index contributed by atoms with van der Waals surface area (Å²) in [6.45, 7) is 3.67. The molecule has 2 aliphatic rings. The third-order valence-electron chi connectivity index (χ3n) is 4.72. The van der Waals surface area contributed by atoms with Crippen LogP contribution in [0.2, 0.25) is 0 Å². The summed E-state index contributed by atoms with van der Waals surface area (Å²) in [5, 5.41) is 9.54. The third-order valence-corrected chi connectivity index (χ3v) is 4.72. The number of anilines is 1. The fourth-order valence-corrected chi connectivity index (χ4v) is 3.50. The van der Waals surface area contributed by atoms with Crippen molar-refractivity contribution in [1.29, 1.82) is 5.26 Å². The number of nitriles is 1. The summed E-state index contributed by atoms with van der Waals surface area (Å²) in [6.07, 6.45) is 4.37. The standard InChI is InChI=1S/C16H20FN3/c17-14-3-5-15(6-4-14)19-9-11-20(12-10-19)16(13-18)7-1-2-8-16/h3-6H,1-2,7-12H2. The van der Waals surface area contributed by atoms with Crippen molar-refractivity contribution >= 4 is 5.69 Å². The maximum absolute atomic E-state index is 13.0. The Morgan fingerprint density at radius 1 is 1.00 bits per heavy atom. The van der Waals surface area contributed by atoms with Crippen molar-refractivity contribution in [2.45, 2.75) is 31.2 Å². The molecule has 3 rings (SSSR count). The Hall–Kier alpha value is -1.60. The minimum absolute atomic E-state index is 0.193. The van der Waals surface area contributed by atoms with E-state index in [1.807, 2.05) is 12.1 Å². The van der Waals surface area contributed by atoms with Crippen LogP contribution >= 0.6 is 0 Å². The summed E-state index contributed by atoms with van der Waals surface area (Å²) in [4.78, 5) is 4.63. The predicted molar refractivity (Wildman–Crippen MR) is 77.0 cm³/mol. The first kappa shape index (κ1) is 13.4. The maximum atomic E-state index is 13.0. The molecule has 1 aromatic rings. The fraction of sp³-hybridized carbons (Fsp3) is 0.562. The van der Waals surface area contributed by atoms with Crippen molar-refractivity contribution in [2.75, 3.05) is 31.1 Å². The maximum Gasteiger partial charge on any atom is 0.123 e. The SMILES string of the molecule is N#CC1(N2CCN(c3ccc(F)cc3)CC2)CCCC1. The van der Waals surface area contributed by atoms with Gasteiger partial charge in [-0.3, -0.25) is 4.90 Å². The van der Waals surface area contributed by atoms with E-state index in [2.05, 4.69) is 15.9 Å². The summed E-state index contributed by atoms with van der Waals surface area (Å²) < 4.78 is 13.0. The summed E-state index contributed by atoms with van der Waals surface area (Å²) in [5.74, 6) is -0.193. The van der Waals surface area contributed by atoms with E-state index >= 15 is 0 Å². The van der Waals surface area contributed by atoms with E-state index in [1.54, 1.807) is 0 Å². The van der Waals surface area contributed by atoms with Gasteiger partial charge in [-0.05, 0) is 37.1 Å². The van der Waals surface area contributed by atoms with Crippen molar-refractivity contribution in [3.63, 3.8) is 0 Å². The molecule has 0 N–H and O–H groups in total. The highest BCUT2D eigenvalue weighted by Crippen LogP contribution is 2.35. The van der Waals surface area contributed by atoms with Crippen LogP contribution in [0.15, 0.2) is 24.3 Å². The van der Waals surface area contributed by atoms with Gasteiger partial charge in [-0.25, -0.2) is 4.39 Å². The Balaban J connectivity index is 1.65. The van der Waals surface area contributed by atoms with Crippen molar-refractivity contribution in [3.8, 4) is 6.07 Å². The molecular weight excluding hydrogens is 253 g/mol. The lowest BCUT2D eigenvalue weighted by molar-refractivity contribution is 0.132. The van der Waals surface area contributed by atoms with Crippen molar-refractivity contribution in [3.05, 3.63) is 30.1 Å². The number of hydrogen-bond acceptors (Lipinski definition) is 3. The minimum Gasteiger partial charge on any atom is -0.369 e. The first-order chi connectivity index (χ1) is 9.73.